The lowest BCUT2D eigenvalue weighted by atomic mass is 9.81. The van der Waals surface area contributed by atoms with Crippen molar-refractivity contribution in [2.45, 2.75) is 45.1 Å². The predicted molar refractivity (Wildman–Crippen MR) is 77.9 cm³/mol. The van der Waals surface area contributed by atoms with Crippen LogP contribution in [0.5, 0.6) is 0 Å². The van der Waals surface area contributed by atoms with E-state index in [-0.39, 0.29) is 11.9 Å². The van der Waals surface area contributed by atoms with E-state index in [1.54, 1.807) is 0 Å². The molecule has 0 aromatic heterocycles. The Labute approximate surface area is 115 Å². The summed E-state index contributed by atoms with van der Waals surface area (Å²) in [6.07, 6.45) is 2.37. The van der Waals surface area contributed by atoms with E-state index < -0.39 is 5.41 Å². The van der Waals surface area contributed by atoms with Gasteiger partial charge in [-0.2, -0.15) is 0 Å². The third-order valence-electron chi connectivity index (χ3n) is 4.15. The van der Waals surface area contributed by atoms with Crippen LogP contribution in [0, 0.1) is 12.8 Å². The van der Waals surface area contributed by atoms with Gasteiger partial charge in [0.05, 0.1) is 5.41 Å². The van der Waals surface area contributed by atoms with Gasteiger partial charge in [-0.1, -0.05) is 24.3 Å². The number of nitrogens with one attached hydrogen (secondary N) is 1. The third kappa shape index (κ3) is 2.98. The summed E-state index contributed by atoms with van der Waals surface area (Å²) in [4.78, 5) is 12.6. The fourth-order valence-electron chi connectivity index (χ4n) is 2.61. The largest absolute Gasteiger partial charge is 0.351 e. The number of benzene rings is 1. The predicted octanol–water partition coefficient (Wildman–Crippen LogP) is 2.13. The Morgan fingerprint density at radius 1 is 1.42 bits per heavy atom. The number of rotatable bonds is 5. The second kappa shape index (κ2) is 5.33. The van der Waals surface area contributed by atoms with E-state index in [4.69, 9.17) is 5.73 Å². The minimum Gasteiger partial charge on any atom is -0.351 e. The topological polar surface area (TPSA) is 55.1 Å². The van der Waals surface area contributed by atoms with Gasteiger partial charge in [-0.25, -0.2) is 0 Å². The minimum atomic E-state index is -0.520. The highest BCUT2D eigenvalue weighted by atomic mass is 16.2. The van der Waals surface area contributed by atoms with E-state index >= 15 is 0 Å². The molecule has 0 saturated heterocycles. The third-order valence-corrected chi connectivity index (χ3v) is 4.15. The van der Waals surface area contributed by atoms with E-state index in [1.807, 2.05) is 45.0 Å². The summed E-state index contributed by atoms with van der Waals surface area (Å²) in [7, 11) is 0. The van der Waals surface area contributed by atoms with Crippen molar-refractivity contribution in [3.63, 3.8) is 0 Å². The molecule has 3 heteroatoms. The molecule has 1 aliphatic rings. The molecule has 1 aliphatic carbocycles. The summed E-state index contributed by atoms with van der Waals surface area (Å²) in [6, 6.07) is 8.20. The Morgan fingerprint density at radius 2 is 2.05 bits per heavy atom. The van der Waals surface area contributed by atoms with E-state index in [1.165, 1.54) is 12.8 Å². The monoisotopic (exact) mass is 260 g/mol. The van der Waals surface area contributed by atoms with Gasteiger partial charge in [-0.3, -0.25) is 4.79 Å². The highest BCUT2D eigenvalue weighted by Gasteiger charge is 2.36. The maximum Gasteiger partial charge on any atom is 0.230 e. The molecule has 0 aliphatic heterocycles. The van der Waals surface area contributed by atoms with Crippen LogP contribution in [-0.2, 0) is 10.2 Å². The molecule has 0 heterocycles. The highest BCUT2D eigenvalue weighted by molar-refractivity contribution is 5.88. The van der Waals surface area contributed by atoms with Crippen molar-refractivity contribution in [2.75, 3.05) is 6.54 Å². The molecule has 104 valence electrons. The Hall–Kier alpha value is -1.35. The van der Waals surface area contributed by atoms with Crippen molar-refractivity contribution >= 4 is 5.91 Å². The molecule has 1 aromatic carbocycles. The van der Waals surface area contributed by atoms with Crippen LogP contribution in [0.1, 0.15) is 37.8 Å². The number of hydrogen-bond donors (Lipinski definition) is 2. The molecule has 3 N–H and O–H groups in total. The maximum absolute atomic E-state index is 12.6. The smallest absolute Gasteiger partial charge is 0.230 e. The van der Waals surface area contributed by atoms with Gasteiger partial charge >= 0.3 is 0 Å². The lowest BCUT2D eigenvalue weighted by molar-refractivity contribution is -0.126. The van der Waals surface area contributed by atoms with Crippen molar-refractivity contribution in [2.24, 2.45) is 11.7 Å². The number of hydrogen-bond acceptors (Lipinski definition) is 2. The molecular formula is C16H24N2O. The van der Waals surface area contributed by atoms with E-state index in [0.717, 1.165) is 11.1 Å². The summed E-state index contributed by atoms with van der Waals surface area (Å²) < 4.78 is 0. The number of aryl methyl sites for hydroxylation is 1. The molecular weight excluding hydrogens is 236 g/mol. The standard InChI is InChI=1S/C16H24N2O/c1-11-6-4-5-7-13(11)16(2,3)15(19)18-14(10-17)12-8-9-12/h4-7,12,14H,8-10,17H2,1-3H3,(H,18,19). The zero-order valence-corrected chi connectivity index (χ0v) is 12.1. The van der Waals surface area contributed by atoms with Gasteiger partial charge < -0.3 is 11.1 Å². The molecule has 0 spiro atoms. The van der Waals surface area contributed by atoms with Gasteiger partial charge in [0.25, 0.3) is 0 Å². The average Bonchev–Trinajstić information content (AvgIpc) is 3.20. The first-order valence-corrected chi connectivity index (χ1v) is 7.04. The molecule has 1 amide bonds. The molecule has 2 rings (SSSR count). The number of nitrogens with two attached hydrogens (primary N) is 1. The molecule has 0 bridgehead atoms. The van der Waals surface area contributed by atoms with Crippen LogP contribution in [0.3, 0.4) is 0 Å². The first-order valence-electron chi connectivity index (χ1n) is 7.04. The summed E-state index contributed by atoms with van der Waals surface area (Å²) in [5.41, 5.74) is 7.47. The first-order chi connectivity index (χ1) is 8.96. The number of amides is 1. The van der Waals surface area contributed by atoms with Crippen LogP contribution in [-0.4, -0.2) is 18.5 Å². The lowest BCUT2D eigenvalue weighted by Gasteiger charge is -2.28. The molecule has 1 aromatic rings. The van der Waals surface area contributed by atoms with Gasteiger partial charge in [-0.05, 0) is 50.7 Å². The zero-order valence-electron chi connectivity index (χ0n) is 12.1. The molecule has 1 saturated carbocycles. The van der Waals surface area contributed by atoms with Gasteiger partial charge in [0.2, 0.25) is 5.91 Å². The van der Waals surface area contributed by atoms with Crippen molar-refractivity contribution in [1.29, 1.82) is 0 Å². The van der Waals surface area contributed by atoms with Crippen molar-refractivity contribution in [3.8, 4) is 0 Å². The molecule has 19 heavy (non-hydrogen) atoms. The average molecular weight is 260 g/mol. The van der Waals surface area contributed by atoms with Crippen LogP contribution in [0.25, 0.3) is 0 Å². The molecule has 3 nitrogen and oxygen atoms in total. The van der Waals surface area contributed by atoms with Crippen molar-refractivity contribution in [3.05, 3.63) is 35.4 Å². The Balaban J connectivity index is 2.14. The van der Waals surface area contributed by atoms with E-state index in [9.17, 15) is 4.79 Å². The van der Waals surface area contributed by atoms with Crippen LogP contribution in [0.15, 0.2) is 24.3 Å². The SMILES string of the molecule is Cc1ccccc1C(C)(C)C(=O)NC(CN)C1CC1. The quantitative estimate of drug-likeness (QED) is 0.852. The Morgan fingerprint density at radius 3 is 2.58 bits per heavy atom. The highest BCUT2D eigenvalue weighted by Crippen LogP contribution is 2.33. The number of carbonyl (C=O) groups is 1. The van der Waals surface area contributed by atoms with Crippen LogP contribution < -0.4 is 11.1 Å². The van der Waals surface area contributed by atoms with Gasteiger partial charge in [0, 0.05) is 12.6 Å². The molecule has 1 fully saturated rings. The zero-order chi connectivity index (χ0) is 14.0. The minimum absolute atomic E-state index is 0.0733. The van der Waals surface area contributed by atoms with Crippen LogP contribution >= 0.6 is 0 Å². The fourth-order valence-corrected chi connectivity index (χ4v) is 2.61. The lowest BCUT2D eigenvalue weighted by Crippen LogP contribution is -2.49. The second-order valence-electron chi connectivity index (χ2n) is 6.09. The molecule has 0 radical (unpaired) electrons. The van der Waals surface area contributed by atoms with Crippen LogP contribution in [0.4, 0.5) is 0 Å². The van der Waals surface area contributed by atoms with Gasteiger partial charge in [-0.15, -0.1) is 0 Å². The van der Waals surface area contributed by atoms with E-state index in [2.05, 4.69) is 5.32 Å². The number of carbonyl (C=O) groups excluding carboxylic acids is 1. The van der Waals surface area contributed by atoms with Crippen molar-refractivity contribution in [1.82, 2.24) is 5.32 Å². The maximum atomic E-state index is 12.6. The Kier molecular flexibility index (Phi) is 3.95. The second-order valence-corrected chi connectivity index (χ2v) is 6.09. The Bertz CT molecular complexity index is 464. The van der Waals surface area contributed by atoms with Crippen LogP contribution in [0.2, 0.25) is 0 Å². The summed E-state index contributed by atoms with van der Waals surface area (Å²) in [5, 5.41) is 3.13. The van der Waals surface area contributed by atoms with Gasteiger partial charge in [0.1, 0.15) is 0 Å². The summed E-state index contributed by atoms with van der Waals surface area (Å²) in [5.74, 6) is 0.658. The summed E-state index contributed by atoms with van der Waals surface area (Å²) >= 11 is 0. The van der Waals surface area contributed by atoms with Crippen molar-refractivity contribution < 1.29 is 4.79 Å². The first kappa shape index (κ1) is 14.1. The van der Waals surface area contributed by atoms with E-state index in [0.29, 0.717) is 12.5 Å². The normalized spacial score (nSPS) is 17.1. The summed E-state index contributed by atoms with van der Waals surface area (Å²) in [6.45, 7) is 6.53. The molecule has 1 unspecified atom stereocenters. The van der Waals surface area contributed by atoms with Gasteiger partial charge in [0.15, 0.2) is 0 Å². The molecule has 1 atom stereocenters. The fraction of sp³-hybridized carbons (Fsp3) is 0.562.